The SMILES string of the molecule is Cc1sc2nc(CSC(C)C(=O)NCCc3ccc4c(c3)OCCO4)[nH]c(=O)c2c1C. The molecule has 1 aromatic carbocycles. The summed E-state index contributed by atoms with van der Waals surface area (Å²) >= 11 is 2.98. The van der Waals surface area contributed by atoms with Gasteiger partial charge in [0.15, 0.2) is 11.5 Å². The molecule has 1 aliphatic rings. The van der Waals surface area contributed by atoms with Crippen LogP contribution in [-0.4, -0.2) is 40.9 Å². The second kappa shape index (κ2) is 9.32. The number of ether oxygens (including phenoxy) is 2. The maximum Gasteiger partial charge on any atom is 0.259 e. The number of carbonyl (C=O) groups is 1. The summed E-state index contributed by atoms with van der Waals surface area (Å²) in [7, 11) is 0. The zero-order valence-corrected chi connectivity index (χ0v) is 19.4. The molecule has 4 rings (SSSR count). The van der Waals surface area contributed by atoms with E-state index >= 15 is 0 Å². The first kappa shape index (κ1) is 21.7. The maximum atomic E-state index is 12.4. The summed E-state index contributed by atoms with van der Waals surface area (Å²) in [4.78, 5) is 34.1. The summed E-state index contributed by atoms with van der Waals surface area (Å²) in [6.45, 7) is 7.46. The van der Waals surface area contributed by atoms with Crippen LogP contribution in [0.1, 0.15) is 28.8 Å². The highest BCUT2D eigenvalue weighted by atomic mass is 32.2. The summed E-state index contributed by atoms with van der Waals surface area (Å²) in [6, 6.07) is 5.86. The molecule has 3 heterocycles. The Morgan fingerprint density at radius 2 is 2.06 bits per heavy atom. The molecule has 3 aromatic rings. The molecular formula is C22H25N3O4S2. The average molecular weight is 460 g/mol. The first-order valence-electron chi connectivity index (χ1n) is 10.2. The van der Waals surface area contributed by atoms with Crippen molar-refractivity contribution in [1.82, 2.24) is 15.3 Å². The molecule has 9 heteroatoms. The van der Waals surface area contributed by atoms with Gasteiger partial charge < -0.3 is 19.8 Å². The number of benzene rings is 1. The largest absolute Gasteiger partial charge is 0.486 e. The number of rotatable bonds is 7. The lowest BCUT2D eigenvalue weighted by Gasteiger charge is -2.19. The number of aromatic nitrogens is 2. The normalized spacial score (nSPS) is 13.9. The molecule has 2 N–H and O–H groups in total. The highest BCUT2D eigenvalue weighted by Gasteiger charge is 2.16. The van der Waals surface area contributed by atoms with Crippen LogP contribution in [0.3, 0.4) is 0 Å². The molecule has 31 heavy (non-hydrogen) atoms. The van der Waals surface area contributed by atoms with Gasteiger partial charge in [-0.2, -0.15) is 0 Å². The van der Waals surface area contributed by atoms with E-state index in [1.807, 2.05) is 39.0 Å². The van der Waals surface area contributed by atoms with Crippen LogP contribution in [0.4, 0.5) is 0 Å². The van der Waals surface area contributed by atoms with Crippen LogP contribution in [0.15, 0.2) is 23.0 Å². The molecule has 1 unspecified atom stereocenters. The van der Waals surface area contributed by atoms with Gasteiger partial charge in [-0.05, 0) is 50.5 Å². The van der Waals surface area contributed by atoms with Crippen LogP contribution in [0, 0.1) is 13.8 Å². The van der Waals surface area contributed by atoms with Crippen molar-refractivity contribution in [1.29, 1.82) is 0 Å². The number of thioether (sulfide) groups is 1. The van der Waals surface area contributed by atoms with Crippen molar-refractivity contribution >= 4 is 39.2 Å². The lowest BCUT2D eigenvalue weighted by Crippen LogP contribution is -2.32. The molecule has 0 bridgehead atoms. The van der Waals surface area contributed by atoms with Gasteiger partial charge in [0.25, 0.3) is 5.56 Å². The molecule has 0 saturated carbocycles. The Bertz CT molecular complexity index is 1170. The second-order valence-corrected chi connectivity index (χ2v) is 9.98. The number of aryl methyl sites for hydroxylation is 2. The highest BCUT2D eigenvalue weighted by molar-refractivity contribution is 7.99. The Morgan fingerprint density at radius 3 is 2.87 bits per heavy atom. The van der Waals surface area contributed by atoms with Crippen LogP contribution < -0.4 is 20.3 Å². The van der Waals surface area contributed by atoms with E-state index in [1.165, 1.54) is 23.1 Å². The minimum atomic E-state index is -0.256. The van der Waals surface area contributed by atoms with Gasteiger partial charge in [-0.25, -0.2) is 4.98 Å². The molecule has 2 aromatic heterocycles. The van der Waals surface area contributed by atoms with E-state index in [4.69, 9.17) is 9.47 Å². The van der Waals surface area contributed by atoms with E-state index < -0.39 is 0 Å². The number of amides is 1. The minimum Gasteiger partial charge on any atom is -0.486 e. The van der Waals surface area contributed by atoms with Crippen molar-refractivity contribution in [2.75, 3.05) is 19.8 Å². The molecule has 164 valence electrons. The number of fused-ring (bicyclic) bond motifs is 2. The monoisotopic (exact) mass is 459 g/mol. The Labute approximate surface area is 188 Å². The summed E-state index contributed by atoms with van der Waals surface area (Å²) < 4.78 is 11.1. The van der Waals surface area contributed by atoms with Crippen molar-refractivity contribution in [3.8, 4) is 11.5 Å². The Balaban J connectivity index is 1.28. The molecule has 1 atom stereocenters. The topological polar surface area (TPSA) is 93.3 Å². The molecule has 0 radical (unpaired) electrons. The number of carbonyl (C=O) groups excluding carboxylic acids is 1. The number of nitrogens with zero attached hydrogens (tertiary/aromatic N) is 1. The van der Waals surface area contributed by atoms with E-state index in [0.29, 0.717) is 43.1 Å². The van der Waals surface area contributed by atoms with E-state index in [2.05, 4.69) is 15.3 Å². The zero-order valence-electron chi connectivity index (χ0n) is 17.7. The third-order valence-corrected chi connectivity index (χ3v) is 7.50. The minimum absolute atomic E-state index is 0.0335. The highest BCUT2D eigenvalue weighted by Crippen LogP contribution is 2.31. The Hall–Kier alpha value is -2.52. The van der Waals surface area contributed by atoms with Gasteiger partial charge in [0, 0.05) is 11.4 Å². The van der Waals surface area contributed by atoms with Gasteiger partial charge in [-0.15, -0.1) is 23.1 Å². The lowest BCUT2D eigenvalue weighted by molar-refractivity contribution is -0.120. The summed E-state index contributed by atoms with van der Waals surface area (Å²) in [6.07, 6.45) is 0.711. The van der Waals surface area contributed by atoms with E-state index in [-0.39, 0.29) is 16.7 Å². The summed E-state index contributed by atoms with van der Waals surface area (Å²) in [5.41, 5.74) is 1.96. The smallest absolute Gasteiger partial charge is 0.259 e. The molecule has 0 aliphatic carbocycles. The summed E-state index contributed by atoms with van der Waals surface area (Å²) in [5, 5.41) is 3.39. The third-order valence-electron chi connectivity index (χ3n) is 5.25. The number of thiophene rings is 1. The van der Waals surface area contributed by atoms with Crippen molar-refractivity contribution in [3.05, 3.63) is 50.4 Å². The van der Waals surface area contributed by atoms with Gasteiger partial charge >= 0.3 is 0 Å². The van der Waals surface area contributed by atoms with Gasteiger partial charge in [-0.1, -0.05) is 6.07 Å². The Morgan fingerprint density at radius 1 is 1.29 bits per heavy atom. The van der Waals surface area contributed by atoms with Gasteiger partial charge in [0.2, 0.25) is 5.91 Å². The quantitative estimate of drug-likeness (QED) is 0.563. The van der Waals surface area contributed by atoms with E-state index in [9.17, 15) is 9.59 Å². The van der Waals surface area contributed by atoms with E-state index in [1.54, 1.807) is 0 Å². The van der Waals surface area contributed by atoms with E-state index in [0.717, 1.165) is 32.3 Å². The number of nitrogens with one attached hydrogen (secondary N) is 2. The number of H-pyrrole nitrogens is 1. The fourth-order valence-corrected chi connectivity index (χ4v) is 5.19. The predicted octanol–water partition coefficient (Wildman–Crippen LogP) is 3.35. The zero-order chi connectivity index (χ0) is 22.0. The van der Waals surface area contributed by atoms with Crippen LogP contribution in [0.5, 0.6) is 11.5 Å². The Kier molecular flexibility index (Phi) is 6.52. The van der Waals surface area contributed by atoms with Crippen molar-refractivity contribution < 1.29 is 14.3 Å². The van der Waals surface area contributed by atoms with Gasteiger partial charge in [-0.3, -0.25) is 9.59 Å². The van der Waals surface area contributed by atoms with Crippen molar-refractivity contribution in [3.63, 3.8) is 0 Å². The standard InChI is InChI=1S/C22H25N3O4S2/c1-12-13(2)31-22-19(12)21(27)24-18(25-22)11-30-14(3)20(26)23-7-6-15-4-5-16-17(10-15)29-9-8-28-16/h4-5,10,14H,6-9,11H2,1-3H3,(H,23,26)(H,24,25,27). The van der Waals surface area contributed by atoms with Gasteiger partial charge in [0.1, 0.15) is 23.9 Å². The molecular weight excluding hydrogens is 434 g/mol. The van der Waals surface area contributed by atoms with Crippen LogP contribution >= 0.6 is 23.1 Å². The average Bonchev–Trinajstić information content (AvgIpc) is 3.05. The maximum absolute atomic E-state index is 12.4. The first-order valence-corrected chi connectivity index (χ1v) is 12.1. The molecule has 7 nitrogen and oxygen atoms in total. The number of aromatic amines is 1. The summed E-state index contributed by atoms with van der Waals surface area (Å²) in [5.74, 6) is 2.56. The van der Waals surface area contributed by atoms with Crippen molar-refractivity contribution in [2.45, 2.75) is 38.2 Å². The molecule has 0 spiro atoms. The first-order chi connectivity index (χ1) is 14.9. The fraction of sp³-hybridized carbons (Fsp3) is 0.409. The second-order valence-electron chi connectivity index (χ2n) is 7.45. The van der Waals surface area contributed by atoms with Crippen LogP contribution in [-0.2, 0) is 17.0 Å². The molecule has 1 amide bonds. The molecule has 1 aliphatic heterocycles. The lowest BCUT2D eigenvalue weighted by atomic mass is 10.1. The molecule has 0 fully saturated rings. The van der Waals surface area contributed by atoms with Gasteiger partial charge in [0.05, 0.1) is 16.4 Å². The third kappa shape index (κ3) is 4.88. The predicted molar refractivity (Wildman–Crippen MR) is 125 cm³/mol. The van der Waals surface area contributed by atoms with Crippen molar-refractivity contribution in [2.24, 2.45) is 0 Å². The van der Waals surface area contributed by atoms with Crippen LogP contribution in [0.2, 0.25) is 0 Å². The number of hydrogen-bond acceptors (Lipinski definition) is 7. The fourth-order valence-electron chi connectivity index (χ4n) is 3.36. The molecule has 0 saturated heterocycles. The van der Waals surface area contributed by atoms with Crippen LogP contribution in [0.25, 0.3) is 10.2 Å². The number of hydrogen-bond donors (Lipinski definition) is 2.